The van der Waals surface area contributed by atoms with Gasteiger partial charge in [-0.2, -0.15) is 0 Å². The molecule has 0 saturated heterocycles. The standard InChI is InChI=1S/C8H7ClF2N2O2/c1-4-2-6(13(14)15)7(8(10)11)12-5(4)3-9/h2,8H,3H2,1H3. The van der Waals surface area contributed by atoms with Crippen LogP contribution in [0.3, 0.4) is 0 Å². The highest BCUT2D eigenvalue weighted by Crippen LogP contribution is 2.29. The highest BCUT2D eigenvalue weighted by molar-refractivity contribution is 6.17. The van der Waals surface area contributed by atoms with Crippen LogP contribution in [0.2, 0.25) is 0 Å². The summed E-state index contributed by atoms with van der Waals surface area (Å²) < 4.78 is 24.9. The second-order valence-corrected chi connectivity index (χ2v) is 3.12. The number of nitrogens with zero attached hydrogens (tertiary/aromatic N) is 2. The van der Waals surface area contributed by atoms with Gasteiger partial charge in [-0.15, -0.1) is 11.6 Å². The molecule has 0 aliphatic carbocycles. The molecule has 0 atom stereocenters. The Kier molecular flexibility index (Phi) is 3.52. The minimum atomic E-state index is -2.98. The van der Waals surface area contributed by atoms with E-state index < -0.39 is 22.7 Å². The predicted molar refractivity (Wildman–Crippen MR) is 50.1 cm³/mol. The molecule has 0 radical (unpaired) electrons. The summed E-state index contributed by atoms with van der Waals surface area (Å²) in [6, 6.07) is 1.06. The van der Waals surface area contributed by atoms with E-state index >= 15 is 0 Å². The Morgan fingerprint density at radius 2 is 2.27 bits per heavy atom. The van der Waals surface area contributed by atoms with E-state index in [2.05, 4.69) is 4.98 Å². The van der Waals surface area contributed by atoms with Gasteiger partial charge in [-0.05, 0) is 12.5 Å². The van der Waals surface area contributed by atoms with E-state index in [1.165, 1.54) is 6.92 Å². The topological polar surface area (TPSA) is 56.0 Å². The molecule has 0 aromatic carbocycles. The third-order valence-electron chi connectivity index (χ3n) is 1.86. The molecular formula is C8H7ClF2N2O2. The van der Waals surface area contributed by atoms with E-state index in [9.17, 15) is 18.9 Å². The smallest absolute Gasteiger partial charge is 0.258 e. The number of halogens is 3. The first kappa shape index (κ1) is 11.8. The van der Waals surface area contributed by atoms with Crippen LogP contribution in [0.15, 0.2) is 6.07 Å². The molecule has 1 heterocycles. The minimum absolute atomic E-state index is 0.0520. The fourth-order valence-corrected chi connectivity index (χ4v) is 1.37. The predicted octanol–water partition coefficient (Wildman–Crippen LogP) is 2.97. The second-order valence-electron chi connectivity index (χ2n) is 2.85. The summed E-state index contributed by atoms with van der Waals surface area (Å²) in [6.07, 6.45) is -2.98. The summed E-state index contributed by atoms with van der Waals surface area (Å²) >= 11 is 5.46. The van der Waals surface area contributed by atoms with Crippen molar-refractivity contribution in [2.24, 2.45) is 0 Å². The van der Waals surface area contributed by atoms with E-state index in [4.69, 9.17) is 11.6 Å². The van der Waals surface area contributed by atoms with Gasteiger partial charge in [0.2, 0.25) is 0 Å². The van der Waals surface area contributed by atoms with Gasteiger partial charge in [0.05, 0.1) is 16.5 Å². The average Bonchev–Trinajstić information content (AvgIpc) is 2.16. The quantitative estimate of drug-likeness (QED) is 0.461. The van der Waals surface area contributed by atoms with Crippen LogP contribution in [-0.2, 0) is 5.88 Å². The SMILES string of the molecule is Cc1cc([N+](=O)[O-])c(C(F)F)nc1CCl. The molecule has 1 rings (SSSR count). The first-order chi connectivity index (χ1) is 6.97. The van der Waals surface area contributed by atoms with Crippen LogP contribution in [0.1, 0.15) is 23.4 Å². The maximum atomic E-state index is 12.4. The second kappa shape index (κ2) is 4.48. The van der Waals surface area contributed by atoms with Crippen molar-refractivity contribution in [1.29, 1.82) is 0 Å². The van der Waals surface area contributed by atoms with Gasteiger partial charge in [0.25, 0.3) is 12.1 Å². The molecule has 7 heteroatoms. The van der Waals surface area contributed by atoms with Crippen molar-refractivity contribution in [1.82, 2.24) is 4.98 Å². The molecule has 0 N–H and O–H groups in total. The van der Waals surface area contributed by atoms with E-state index in [0.717, 1.165) is 6.07 Å². The van der Waals surface area contributed by atoms with Crippen molar-refractivity contribution in [3.8, 4) is 0 Å². The lowest BCUT2D eigenvalue weighted by Crippen LogP contribution is -2.03. The number of hydrogen-bond donors (Lipinski definition) is 0. The Hall–Kier alpha value is -1.30. The first-order valence-electron chi connectivity index (χ1n) is 3.96. The lowest BCUT2D eigenvalue weighted by molar-refractivity contribution is -0.386. The summed E-state index contributed by atoms with van der Waals surface area (Å²) in [5, 5.41) is 10.5. The lowest BCUT2D eigenvalue weighted by Gasteiger charge is -2.05. The molecule has 0 spiro atoms. The van der Waals surface area contributed by atoms with Gasteiger partial charge in [-0.1, -0.05) is 0 Å². The molecule has 0 amide bonds. The van der Waals surface area contributed by atoms with Crippen molar-refractivity contribution in [3.63, 3.8) is 0 Å². The first-order valence-corrected chi connectivity index (χ1v) is 4.49. The Morgan fingerprint density at radius 3 is 2.67 bits per heavy atom. The number of nitro groups is 1. The van der Waals surface area contributed by atoms with Gasteiger partial charge < -0.3 is 0 Å². The summed E-state index contributed by atoms with van der Waals surface area (Å²) in [4.78, 5) is 13.1. The molecule has 1 aromatic rings. The molecule has 0 saturated carbocycles. The number of alkyl halides is 3. The number of aryl methyl sites for hydroxylation is 1. The van der Waals surface area contributed by atoms with Gasteiger partial charge in [-0.3, -0.25) is 10.1 Å². The number of aromatic nitrogens is 1. The summed E-state index contributed by atoms with van der Waals surface area (Å²) in [6.45, 7) is 1.53. The van der Waals surface area contributed by atoms with Gasteiger partial charge in [0.15, 0.2) is 5.69 Å². The van der Waals surface area contributed by atoms with Crippen molar-refractivity contribution in [3.05, 3.63) is 33.1 Å². The molecule has 15 heavy (non-hydrogen) atoms. The highest BCUT2D eigenvalue weighted by atomic mass is 35.5. The van der Waals surface area contributed by atoms with Crippen molar-refractivity contribution < 1.29 is 13.7 Å². The normalized spacial score (nSPS) is 10.7. The molecule has 4 nitrogen and oxygen atoms in total. The van der Waals surface area contributed by atoms with Crippen molar-refractivity contribution in [2.45, 2.75) is 19.2 Å². The van der Waals surface area contributed by atoms with Crippen LogP contribution in [0, 0.1) is 17.0 Å². The van der Waals surface area contributed by atoms with Crippen LogP contribution in [0.25, 0.3) is 0 Å². The van der Waals surface area contributed by atoms with Gasteiger partial charge >= 0.3 is 0 Å². The maximum Gasteiger partial charge on any atom is 0.296 e. The Bertz CT molecular complexity index is 398. The van der Waals surface area contributed by atoms with E-state index in [1.54, 1.807) is 0 Å². The average molecular weight is 237 g/mol. The molecule has 0 bridgehead atoms. The molecule has 82 valence electrons. The Morgan fingerprint density at radius 1 is 1.67 bits per heavy atom. The fraction of sp³-hybridized carbons (Fsp3) is 0.375. The molecule has 0 aliphatic rings. The van der Waals surface area contributed by atoms with Gasteiger partial charge in [-0.25, -0.2) is 13.8 Å². The van der Waals surface area contributed by atoms with Crippen molar-refractivity contribution >= 4 is 17.3 Å². The van der Waals surface area contributed by atoms with E-state index in [-0.39, 0.29) is 11.6 Å². The molecule has 0 aliphatic heterocycles. The zero-order valence-electron chi connectivity index (χ0n) is 7.71. The largest absolute Gasteiger partial charge is 0.296 e. The van der Waals surface area contributed by atoms with Crippen LogP contribution >= 0.6 is 11.6 Å². The Balaban J connectivity index is 3.38. The van der Waals surface area contributed by atoms with Gasteiger partial charge in [0, 0.05) is 6.07 Å². The van der Waals surface area contributed by atoms with Crippen LogP contribution in [-0.4, -0.2) is 9.91 Å². The van der Waals surface area contributed by atoms with Crippen LogP contribution in [0.5, 0.6) is 0 Å². The summed E-state index contributed by atoms with van der Waals surface area (Å²) in [7, 11) is 0. The van der Waals surface area contributed by atoms with E-state index in [0.29, 0.717) is 5.56 Å². The van der Waals surface area contributed by atoms with Crippen molar-refractivity contribution in [2.75, 3.05) is 0 Å². The van der Waals surface area contributed by atoms with Crippen LogP contribution in [0.4, 0.5) is 14.5 Å². The lowest BCUT2D eigenvalue weighted by atomic mass is 10.2. The van der Waals surface area contributed by atoms with Gasteiger partial charge in [0.1, 0.15) is 0 Å². The monoisotopic (exact) mass is 236 g/mol. The molecule has 0 fully saturated rings. The third-order valence-corrected chi connectivity index (χ3v) is 2.11. The molecular weight excluding hydrogens is 230 g/mol. The van der Waals surface area contributed by atoms with E-state index in [1.807, 2.05) is 0 Å². The minimum Gasteiger partial charge on any atom is -0.258 e. The fourth-order valence-electron chi connectivity index (χ4n) is 1.10. The summed E-state index contributed by atoms with van der Waals surface area (Å²) in [5.41, 5.74) is -0.837. The Labute approximate surface area is 89.0 Å². The van der Waals surface area contributed by atoms with Crippen LogP contribution < -0.4 is 0 Å². The molecule has 0 unspecified atom stereocenters. The zero-order chi connectivity index (χ0) is 11.6. The third kappa shape index (κ3) is 2.38. The number of pyridine rings is 1. The zero-order valence-corrected chi connectivity index (χ0v) is 8.46. The number of hydrogen-bond acceptors (Lipinski definition) is 3. The maximum absolute atomic E-state index is 12.4. The molecule has 1 aromatic heterocycles. The number of rotatable bonds is 3. The summed E-state index contributed by atoms with van der Waals surface area (Å²) in [5.74, 6) is -0.0520. The highest BCUT2D eigenvalue weighted by Gasteiger charge is 2.24.